The van der Waals surface area contributed by atoms with Gasteiger partial charge in [0.25, 0.3) is 5.91 Å². The van der Waals surface area contributed by atoms with Gasteiger partial charge in [-0.05, 0) is 29.3 Å². The molecule has 3 N–H and O–H groups in total. The highest BCUT2D eigenvalue weighted by atomic mass is 35.5. The monoisotopic (exact) mass is 381 g/mol. The Balaban J connectivity index is 2.03. The van der Waals surface area contributed by atoms with Crippen LogP contribution in [0.3, 0.4) is 0 Å². The predicted octanol–water partition coefficient (Wildman–Crippen LogP) is 3.91. The zero-order valence-corrected chi connectivity index (χ0v) is 14.9. The van der Waals surface area contributed by atoms with E-state index in [-0.39, 0.29) is 16.3 Å². The van der Waals surface area contributed by atoms with Gasteiger partial charge in [0.1, 0.15) is 0 Å². The van der Waals surface area contributed by atoms with E-state index in [1.807, 2.05) is 0 Å². The summed E-state index contributed by atoms with van der Waals surface area (Å²) in [5.74, 6) is -1.92. The van der Waals surface area contributed by atoms with Crippen LogP contribution in [0, 0.1) is 0 Å². The fourth-order valence-electron chi connectivity index (χ4n) is 2.78. The van der Waals surface area contributed by atoms with Gasteiger partial charge < -0.3 is 15.5 Å². The van der Waals surface area contributed by atoms with E-state index in [0.717, 1.165) is 0 Å². The molecule has 0 aliphatic carbocycles. The number of hydrogen-bond donors (Lipinski definition) is 3. The van der Waals surface area contributed by atoms with Crippen molar-refractivity contribution in [2.45, 2.75) is 5.60 Å². The second-order valence-corrected chi connectivity index (χ2v) is 6.30. The molecule has 0 aliphatic heterocycles. The first-order chi connectivity index (χ1) is 12.9. The molecular weight excluding hydrogens is 366 g/mol. The Hall–Kier alpha value is -3.15. The van der Waals surface area contributed by atoms with Gasteiger partial charge in [0.05, 0.1) is 10.6 Å². The third-order valence-corrected chi connectivity index (χ3v) is 4.50. The summed E-state index contributed by atoms with van der Waals surface area (Å²) in [6.45, 7) is 0. The number of hydrogen-bond acceptors (Lipinski definition) is 3. The minimum Gasteiger partial charge on any atom is -0.478 e. The molecule has 0 unspecified atom stereocenters. The van der Waals surface area contributed by atoms with E-state index in [2.05, 4.69) is 5.32 Å². The summed E-state index contributed by atoms with van der Waals surface area (Å²) in [5.41, 5.74) is -1.10. The van der Waals surface area contributed by atoms with Gasteiger partial charge in [-0.2, -0.15) is 0 Å². The number of benzene rings is 3. The average Bonchev–Trinajstić information content (AvgIpc) is 2.69. The number of nitrogens with one attached hydrogen (secondary N) is 1. The van der Waals surface area contributed by atoms with Crippen molar-refractivity contribution in [1.29, 1.82) is 0 Å². The Kier molecular flexibility index (Phi) is 5.26. The van der Waals surface area contributed by atoms with Crippen LogP contribution in [-0.2, 0) is 10.4 Å². The highest BCUT2D eigenvalue weighted by Gasteiger charge is 2.40. The number of halogens is 1. The molecule has 0 heterocycles. The van der Waals surface area contributed by atoms with Crippen molar-refractivity contribution in [3.05, 3.63) is 101 Å². The van der Waals surface area contributed by atoms with Gasteiger partial charge in [-0.25, -0.2) is 4.79 Å². The number of rotatable bonds is 5. The molecule has 6 heteroatoms. The van der Waals surface area contributed by atoms with E-state index in [1.165, 1.54) is 18.2 Å². The van der Waals surface area contributed by atoms with Crippen molar-refractivity contribution in [3.8, 4) is 0 Å². The lowest BCUT2D eigenvalue weighted by Gasteiger charge is -2.28. The first kappa shape index (κ1) is 18.6. The zero-order valence-electron chi connectivity index (χ0n) is 14.1. The Morgan fingerprint density at radius 1 is 0.852 bits per heavy atom. The largest absolute Gasteiger partial charge is 0.478 e. The van der Waals surface area contributed by atoms with Crippen molar-refractivity contribution >= 4 is 29.2 Å². The first-order valence-corrected chi connectivity index (χ1v) is 8.48. The Labute approximate surface area is 160 Å². The molecule has 0 atom stereocenters. The van der Waals surface area contributed by atoms with E-state index >= 15 is 0 Å². The Morgan fingerprint density at radius 3 is 1.85 bits per heavy atom. The molecule has 3 aromatic carbocycles. The smallest absolute Gasteiger partial charge is 0.337 e. The minimum atomic E-state index is -1.95. The molecular formula is C21H16ClNO4. The van der Waals surface area contributed by atoms with Crippen LogP contribution in [0.4, 0.5) is 5.69 Å². The van der Waals surface area contributed by atoms with Gasteiger partial charge in [-0.15, -0.1) is 0 Å². The SMILES string of the molecule is O=C(O)c1cc(NC(=O)C(O)(c2ccccc2)c2ccccc2)ccc1Cl. The topological polar surface area (TPSA) is 86.6 Å². The lowest BCUT2D eigenvalue weighted by atomic mass is 9.85. The second kappa shape index (κ2) is 7.61. The quantitative estimate of drug-likeness (QED) is 0.625. The molecule has 27 heavy (non-hydrogen) atoms. The third kappa shape index (κ3) is 3.69. The van der Waals surface area contributed by atoms with Gasteiger partial charge in [-0.1, -0.05) is 72.3 Å². The molecule has 5 nitrogen and oxygen atoms in total. The minimum absolute atomic E-state index is 0.0573. The highest BCUT2D eigenvalue weighted by Crippen LogP contribution is 2.31. The summed E-state index contributed by atoms with van der Waals surface area (Å²) in [4.78, 5) is 24.3. The van der Waals surface area contributed by atoms with Crippen molar-refractivity contribution < 1.29 is 19.8 Å². The second-order valence-electron chi connectivity index (χ2n) is 5.90. The van der Waals surface area contributed by atoms with E-state index < -0.39 is 17.5 Å². The summed E-state index contributed by atoms with van der Waals surface area (Å²) in [5, 5.41) is 23.2. The van der Waals surface area contributed by atoms with Crippen LogP contribution in [0.1, 0.15) is 21.5 Å². The average molecular weight is 382 g/mol. The lowest BCUT2D eigenvalue weighted by molar-refractivity contribution is -0.131. The van der Waals surface area contributed by atoms with Crippen LogP contribution in [-0.4, -0.2) is 22.1 Å². The molecule has 0 aromatic heterocycles. The fraction of sp³-hybridized carbons (Fsp3) is 0.0476. The molecule has 0 bridgehead atoms. The lowest BCUT2D eigenvalue weighted by Crippen LogP contribution is -2.41. The van der Waals surface area contributed by atoms with Crippen molar-refractivity contribution in [2.75, 3.05) is 5.32 Å². The molecule has 0 radical (unpaired) electrons. The fourth-order valence-corrected chi connectivity index (χ4v) is 2.97. The first-order valence-electron chi connectivity index (χ1n) is 8.10. The van der Waals surface area contributed by atoms with E-state index in [0.29, 0.717) is 11.1 Å². The van der Waals surface area contributed by atoms with Gasteiger partial charge >= 0.3 is 5.97 Å². The number of aliphatic hydroxyl groups is 1. The van der Waals surface area contributed by atoms with Crippen molar-refractivity contribution in [1.82, 2.24) is 0 Å². The molecule has 0 fully saturated rings. The summed E-state index contributed by atoms with van der Waals surface area (Å²) < 4.78 is 0. The molecule has 136 valence electrons. The molecule has 0 spiro atoms. The van der Waals surface area contributed by atoms with Crippen LogP contribution in [0.15, 0.2) is 78.9 Å². The maximum Gasteiger partial charge on any atom is 0.337 e. The molecule has 0 aliphatic rings. The van der Waals surface area contributed by atoms with Gasteiger partial charge in [-0.3, -0.25) is 4.79 Å². The molecule has 3 aromatic rings. The van der Waals surface area contributed by atoms with E-state index in [4.69, 9.17) is 11.6 Å². The van der Waals surface area contributed by atoms with Crippen LogP contribution < -0.4 is 5.32 Å². The van der Waals surface area contributed by atoms with Crippen molar-refractivity contribution in [3.63, 3.8) is 0 Å². The van der Waals surface area contributed by atoms with E-state index in [1.54, 1.807) is 60.7 Å². The third-order valence-electron chi connectivity index (χ3n) is 4.17. The van der Waals surface area contributed by atoms with Crippen molar-refractivity contribution in [2.24, 2.45) is 0 Å². The number of amides is 1. The molecule has 3 rings (SSSR count). The number of anilines is 1. The molecule has 1 amide bonds. The number of carboxylic acid groups (broad SMARTS) is 1. The molecule has 0 saturated carbocycles. The van der Waals surface area contributed by atoms with Gasteiger partial charge in [0.2, 0.25) is 0 Å². The van der Waals surface area contributed by atoms with Crippen LogP contribution in [0.25, 0.3) is 0 Å². The van der Waals surface area contributed by atoms with Crippen LogP contribution in [0.2, 0.25) is 5.02 Å². The normalized spacial score (nSPS) is 11.0. The maximum absolute atomic E-state index is 13.1. The summed E-state index contributed by atoms with van der Waals surface area (Å²) in [7, 11) is 0. The predicted molar refractivity (Wildman–Crippen MR) is 103 cm³/mol. The van der Waals surface area contributed by atoms with E-state index in [9.17, 15) is 19.8 Å². The summed E-state index contributed by atoms with van der Waals surface area (Å²) >= 11 is 5.87. The van der Waals surface area contributed by atoms with Gasteiger partial charge in [0, 0.05) is 5.69 Å². The van der Waals surface area contributed by atoms with Gasteiger partial charge in [0.15, 0.2) is 5.60 Å². The standard InChI is InChI=1S/C21H16ClNO4/c22-18-12-11-16(13-17(18)19(24)25)23-20(26)21(27,14-7-3-1-4-8-14)15-9-5-2-6-10-15/h1-13,27H,(H,23,26)(H,24,25). The number of aromatic carboxylic acids is 1. The Morgan fingerprint density at radius 2 is 1.37 bits per heavy atom. The summed E-state index contributed by atoms with van der Waals surface area (Å²) in [6, 6.07) is 21.2. The number of carboxylic acids is 1. The maximum atomic E-state index is 13.1. The Bertz CT molecular complexity index is 934. The number of carbonyl (C=O) groups excluding carboxylic acids is 1. The summed E-state index contributed by atoms with van der Waals surface area (Å²) in [6.07, 6.45) is 0. The van der Waals surface area contributed by atoms with Crippen LogP contribution in [0.5, 0.6) is 0 Å². The zero-order chi connectivity index (χ0) is 19.4. The highest BCUT2D eigenvalue weighted by molar-refractivity contribution is 6.33. The number of carbonyl (C=O) groups is 2. The molecule has 0 saturated heterocycles. The van der Waals surface area contributed by atoms with Crippen LogP contribution >= 0.6 is 11.6 Å².